The monoisotopic (exact) mass is 360 g/mol. The summed E-state index contributed by atoms with van der Waals surface area (Å²) in [6, 6.07) is 14.8. The second kappa shape index (κ2) is 8.41. The van der Waals surface area contributed by atoms with E-state index in [2.05, 4.69) is 5.43 Å². The number of quaternary nitrogens is 1. The predicted molar refractivity (Wildman–Crippen MR) is 95.5 cm³/mol. The Morgan fingerprint density at radius 1 is 1.19 bits per heavy atom. The molecule has 0 aromatic heterocycles. The van der Waals surface area contributed by atoms with E-state index in [9.17, 15) is 20.0 Å². The third-order valence-electron chi connectivity index (χ3n) is 3.60. The number of carbonyl (C=O) groups excluding carboxylic acids is 1. The van der Waals surface area contributed by atoms with Crippen molar-refractivity contribution >= 4 is 11.6 Å². The van der Waals surface area contributed by atoms with E-state index in [0.29, 0.717) is 5.75 Å². The highest BCUT2D eigenvalue weighted by molar-refractivity contribution is 5.97. The van der Waals surface area contributed by atoms with Crippen LogP contribution in [0, 0.1) is 10.1 Å². The molecule has 2 rings (SSSR count). The molecule has 0 spiro atoms. The normalized spacial score (nSPS) is 12.3. The highest BCUT2D eigenvalue weighted by atomic mass is 16.6. The molecule has 0 saturated carbocycles. The number of aliphatic hydroxyl groups excluding tert-OH is 1. The van der Waals surface area contributed by atoms with E-state index in [1.807, 2.05) is 18.2 Å². The zero-order valence-electron chi connectivity index (χ0n) is 14.7. The maximum absolute atomic E-state index is 12.4. The van der Waals surface area contributed by atoms with Crippen molar-refractivity contribution in [2.75, 3.05) is 27.2 Å². The number of hydrogen-bond donors (Lipinski definition) is 2. The van der Waals surface area contributed by atoms with Crippen LogP contribution in [0.1, 0.15) is 10.4 Å². The number of rotatable bonds is 8. The van der Waals surface area contributed by atoms with Gasteiger partial charge in [0.25, 0.3) is 5.69 Å². The van der Waals surface area contributed by atoms with Crippen LogP contribution in [-0.4, -0.2) is 53.9 Å². The van der Waals surface area contributed by atoms with Gasteiger partial charge in [-0.3, -0.25) is 14.9 Å². The Hall–Kier alpha value is -2.97. The molecule has 1 unspecified atom stereocenters. The quantitative estimate of drug-likeness (QED) is 0.424. The fourth-order valence-electron chi connectivity index (χ4n) is 2.49. The first-order valence-electron chi connectivity index (χ1n) is 8.03. The van der Waals surface area contributed by atoms with Gasteiger partial charge in [0.2, 0.25) is 0 Å². The van der Waals surface area contributed by atoms with Gasteiger partial charge in [-0.05, 0) is 18.2 Å². The molecule has 0 radical (unpaired) electrons. The summed E-state index contributed by atoms with van der Waals surface area (Å²) in [6.07, 6.45) is -0.837. The number of amides is 1. The zero-order chi connectivity index (χ0) is 19.2. The molecule has 8 nitrogen and oxygen atoms in total. The number of nitrogens with zero attached hydrogens (tertiary/aromatic N) is 2. The Kier molecular flexibility index (Phi) is 6.26. The van der Waals surface area contributed by atoms with Crippen molar-refractivity contribution in [2.45, 2.75) is 6.10 Å². The van der Waals surface area contributed by atoms with Crippen LogP contribution in [0.2, 0.25) is 0 Å². The van der Waals surface area contributed by atoms with Crippen molar-refractivity contribution in [1.29, 1.82) is 0 Å². The predicted octanol–water partition coefficient (Wildman–Crippen LogP) is 1.76. The van der Waals surface area contributed by atoms with Crippen LogP contribution < -0.4 is 10.2 Å². The van der Waals surface area contributed by atoms with Crippen LogP contribution in [0.3, 0.4) is 0 Å². The molecule has 0 bridgehead atoms. The van der Waals surface area contributed by atoms with Crippen LogP contribution >= 0.6 is 0 Å². The molecule has 2 N–H and O–H groups in total. The van der Waals surface area contributed by atoms with Crippen molar-refractivity contribution in [3.8, 4) is 5.75 Å². The number of nitro groups is 1. The lowest BCUT2D eigenvalue weighted by molar-refractivity contribution is -0.927. The topological polar surface area (TPSA) is 102 Å². The molecule has 2 aromatic carbocycles. The van der Waals surface area contributed by atoms with Gasteiger partial charge in [-0.25, -0.2) is 4.59 Å². The van der Waals surface area contributed by atoms with Gasteiger partial charge >= 0.3 is 5.91 Å². The summed E-state index contributed by atoms with van der Waals surface area (Å²) in [5.74, 6) is 0.0549. The number of benzene rings is 2. The molecular formula is C18H22N3O5+. The minimum atomic E-state index is -0.837. The van der Waals surface area contributed by atoms with Crippen molar-refractivity contribution in [2.24, 2.45) is 0 Å². The largest absolute Gasteiger partial charge is 0.491 e. The van der Waals surface area contributed by atoms with E-state index >= 15 is 0 Å². The molecule has 138 valence electrons. The van der Waals surface area contributed by atoms with Gasteiger partial charge in [0.05, 0.1) is 19.0 Å². The van der Waals surface area contributed by atoms with E-state index < -0.39 is 16.9 Å². The summed E-state index contributed by atoms with van der Waals surface area (Å²) in [6.45, 7) is 0.228. The van der Waals surface area contributed by atoms with E-state index in [4.69, 9.17) is 4.74 Å². The van der Waals surface area contributed by atoms with E-state index in [1.165, 1.54) is 18.2 Å². The van der Waals surface area contributed by atoms with Crippen LogP contribution in [0.4, 0.5) is 5.69 Å². The fourth-order valence-corrected chi connectivity index (χ4v) is 2.49. The fraction of sp³-hybridized carbons (Fsp3) is 0.278. The zero-order valence-corrected chi connectivity index (χ0v) is 14.7. The molecule has 0 aliphatic rings. The molecule has 0 saturated heterocycles. The van der Waals surface area contributed by atoms with Gasteiger partial charge < -0.3 is 9.84 Å². The maximum Gasteiger partial charge on any atom is 0.302 e. The molecular weight excluding hydrogens is 338 g/mol. The Labute approximate surface area is 151 Å². The number of carbonyl (C=O) groups is 1. The molecule has 2 aromatic rings. The van der Waals surface area contributed by atoms with Gasteiger partial charge in [-0.2, -0.15) is 5.43 Å². The van der Waals surface area contributed by atoms with Gasteiger partial charge in [0, 0.05) is 6.07 Å². The first-order chi connectivity index (χ1) is 12.3. The van der Waals surface area contributed by atoms with Gasteiger partial charge in [0.15, 0.2) is 0 Å². The lowest BCUT2D eigenvalue weighted by atomic mass is 10.2. The lowest BCUT2D eigenvalue weighted by Crippen LogP contribution is -2.58. The van der Waals surface area contributed by atoms with Crippen LogP contribution in [-0.2, 0) is 0 Å². The third kappa shape index (κ3) is 5.54. The number of ether oxygens (including phenoxy) is 1. The van der Waals surface area contributed by atoms with Crippen molar-refractivity contribution < 1.29 is 24.2 Å². The summed E-state index contributed by atoms with van der Waals surface area (Å²) in [4.78, 5) is 22.9. The van der Waals surface area contributed by atoms with Gasteiger partial charge in [-0.1, -0.05) is 30.3 Å². The number of aliphatic hydroxyl groups is 1. The molecule has 1 amide bonds. The van der Waals surface area contributed by atoms with Gasteiger partial charge in [0.1, 0.15) is 30.6 Å². The number of para-hydroxylation sites is 2. The molecule has 26 heavy (non-hydrogen) atoms. The molecule has 0 heterocycles. The summed E-state index contributed by atoms with van der Waals surface area (Å²) in [5.41, 5.74) is 2.38. The van der Waals surface area contributed by atoms with E-state index in [-0.39, 0.29) is 29.0 Å². The Balaban J connectivity index is 1.95. The van der Waals surface area contributed by atoms with Crippen LogP contribution in [0.25, 0.3) is 0 Å². The standard InChI is InChI=1S/C18H21N3O5/c1-21(2,12-14(22)13-26-15-8-4-3-5-9-15)19-18(23)16-10-6-7-11-17(16)20(24)25/h3-11,14,22H,12-13H2,1-2H3/p+1. The molecule has 8 heteroatoms. The summed E-state index contributed by atoms with van der Waals surface area (Å²) < 4.78 is 5.43. The minimum Gasteiger partial charge on any atom is -0.491 e. The Bertz CT molecular complexity index is 764. The first-order valence-corrected chi connectivity index (χ1v) is 8.03. The smallest absolute Gasteiger partial charge is 0.302 e. The number of hydrogen-bond acceptors (Lipinski definition) is 5. The summed E-state index contributed by atoms with van der Waals surface area (Å²) in [7, 11) is 3.36. The molecule has 0 fully saturated rings. The highest BCUT2D eigenvalue weighted by Crippen LogP contribution is 2.18. The second-order valence-electron chi connectivity index (χ2n) is 6.36. The third-order valence-corrected chi connectivity index (χ3v) is 3.60. The Morgan fingerprint density at radius 2 is 1.81 bits per heavy atom. The van der Waals surface area contributed by atoms with Gasteiger partial charge in [-0.15, -0.1) is 0 Å². The van der Waals surface area contributed by atoms with Crippen molar-refractivity contribution in [3.05, 3.63) is 70.3 Å². The number of likely N-dealkylation sites (N-methyl/N-ethyl adjacent to an activating group) is 1. The van der Waals surface area contributed by atoms with E-state index in [0.717, 1.165) is 0 Å². The molecule has 0 aliphatic carbocycles. The average Bonchev–Trinajstić information content (AvgIpc) is 2.60. The maximum atomic E-state index is 12.4. The van der Waals surface area contributed by atoms with E-state index in [1.54, 1.807) is 32.3 Å². The molecule has 1 atom stereocenters. The van der Waals surface area contributed by atoms with Crippen LogP contribution in [0.5, 0.6) is 5.75 Å². The lowest BCUT2D eigenvalue weighted by Gasteiger charge is -2.30. The molecule has 0 aliphatic heterocycles. The van der Waals surface area contributed by atoms with Crippen molar-refractivity contribution in [1.82, 2.24) is 5.43 Å². The SMILES string of the molecule is C[N+](C)(CC(O)COc1ccccc1)NC(=O)c1ccccc1[N+](=O)[O-]. The first kappa shape index (κ1) is 19.4. The van der Waals surface area contributed by atoms with Crippen molar-refractivity contribution in [3.63, 3.8) is 0 Å². The highest BCUT2D eigenvalue weighted by Gasteiger charge is 2.28. The minimum absolute atomic E-state index is 0.0290. The average molecular weight is 360 g/mol. The number of nitrogens with one attached hydrogen (secondary N) is 1. The summed E-state index contributed by atoms with van der Waals surface area (Å²) in [5, 5.41) is 21.2. The van der Waals surface area contributed by atoms with Crippen LogP contribution in [0.15, 0.2) is 54.6 Å². The summed E-state index contributed by atoms with van der Waals surface area (Å²) >= 11 is 0. The Morgan fingerprint density at radius 3 is 2.46 bits per heavy atom. The number of nitro benzene ring substituents is 1. The second-order valence-corrected chi connectivity index (χ2v) is 6.36.